The molecule has 1 aromatic rings. The molecule has 0 aliphatic heterocycles. The van der Waals surface area contributed by atoms with Gasteiger partial charge >= 0.3 is 0 Å². The Morgan fingerprint density at radius 1 is 1.38 bits per heavy atom. The summed E-state index contributed by atoms with van der Waals surface area (Å²) in [7, 11) is 0. The molecule has 1 fully saturated rings. The van der Waals surface area contributed by atoms with Gasteiger partial charge in [-0.2, -0.15) is 5.26 Å². The average Bonchev–Trinajstić information content (AvgIpc) is 2.32. The lowest BCUT2D eigenvalue weighted by molar-refractivity contribution is 0.361. The molecular weight excluding hydrogens is 200 g/mol. The molecule has 4 nitrogen and oxygen atoms in total. The van der Waals surface area contributed by atoms with Gasteiger partial charge in [0.1, 0.15) is 11.9 Å². The molecule has 2 rings (SSSR count). The van der Waals surface area contributed by atoms with E-state index in [1.165, 1.54) is 25.7 Å². The van der Waals surface area contributed by atoms with Gasteiger partial charge in [0.25, 0.3) is 0 Å². The number of nitriles is 1. The lowest BCUT2D eigenvalue weighted by Crippen LogP contribution is -2.25. The van der Waals surface area contributed by atoms with Crippen LogP contribution in [0.25, 0.3) is 0 Å². The Hall–Kier alpha value is -1.63. The average molecular weight is 216 g/mol. The van der Waals surface area contributed by atoms with Crippen molar-refractivity contribution in [2.24, 2.45) is 5.92 Å². The van der Waals surface area contributed by atoms with E-state index in [-0.39, 0.29) is 5.82 Å². The molecule has 0 radical (unpaired) electrons. The van der Waals surface area contributed by atoms with Crippen LogP contribution in [0.4, 0.5) is 5.82 Å². The molecule has 0 saturated heterocycles. The zero-order valence-electron chi connectivity index (χ0n) is 9.48. The van der Waals surface area contributed by atoms with Crippen LogP contribution in [0.1, 0.15) is 38.4 Å². The molecular formula is C12H16N4. The maximum absolute atomic E-state index is 8.70. The van der Waals surface area contributed by atoms with Gasteiger partial charge in [-0.25, -0.2) is 9.97 Å². The van der Waals surface area contributed by atoms with E-state index in [1.807, 2.05) is 12.1 Å². The third-order valence-corrected chi connectivity index (χ3v) is 3.12. The molecule has 1 aliphatic carbocycles. The summed E-state index contributed by atoms with van der Waals surface area (Å²) >= 11 is 0. The van der Waals surface area contributed by atoms with E-state index in [1.54, 1.807) is 6.20 Å². The van der Waals surface area contributed by atoms with Crippen molar-refractivity contribution < 1.29 is 0 Å². The normalized spacial score (nSPS) is 24.8. The molecule has 0 atom stereocenters. The number of nitrogens with one attached hydrogen (secondary N) is 1. The molecule has 4 heteroatoms. The minimum Gasteiger partial charge on any atom is -0.367 e. The van der Waals surface area contributed by atoms with Crippen LogP contribution in [0.2, 0.25) is 0 Å². The molecule has 1 aromatic heterocycles. The topological polar surface area (TPSA) is 61.6 Å². The van der Waals surface area contributed by atoms with Crippen molar-refractivity contribution in [1.82, 2.24) is 9.97 Å². The third-order valence-electron chi connectivity index (χ3n) is 3.12. The van der Waals surface area contributed by atoms with Crippen molar-refractivity contribution in [1.29, 1.82) is 5.26 Å². The van der Waals surface area contributed by atoms with Gasteiger partial charge in [0.05, 0.1) is 0 Å². The van der Waals surface area contributed by atoms with E-state index in [2.05, 4.69) is 22.2 Å². The van der Waals surface area contributed by atoms with Gasteiger partial charge in [-0.1, -0.05) is 6.92 Å². The van der Waals surface area contributed by atoms with Crippen molar-refractivity contribution in [3.05, 3.63) is 18.1 Å². The van der Waals surface area contributed by atoms with Gasteiger partial charge in [-0.15, -0.1) is 0 Å². The third kappa shape index (κ3) is 2.69. The van der Waals surface area contributed by atoms with E-state index in [9.17, 15) is 0 Å². The van der Waals surface area contributed by atoms with Crippen molar-refractivity contribution in [2.75, 3.05) is 5.32 Å². The minimum absolute atomic E-state index is 0.231. The monoisotopic (exact) mass is 216 g/mol. The number of aromatic nitrogens is 2. The smallest absolute Gasteiger partial charge is 0.234 e. The van der Waals surface area contributed by atoms with Gasteiger partial charge < -0.3 is 5.32 Å². The Kier molecular flexibility index (Phi) is 3.35. The largest absolute Gasteiger partial charge is 0.367 e. The molecule has 1 aliphatic rings. The second kappa shape index (κ2) is 4.93. The predicted molar refractivity (Wildman–Crippen MR) is 61.8 cm³/mol. The lowest BCUT2D eigenvalue weighted by Gasteiger charge is -2.27. The van der Waals surface area contributed by atoms with Gasteiger partial charge in [-0.05, 0) is 37.7 Å². The first-order chi connectivity index (χ1) is 7.78. The first kappa shape index (κ1) is 10.9. The maximum atomic E-state index is 8.70. The zero-order chi connectivity index (χ0) is 11.4. The highest BCUT2D eigenvalue weighted by atomic mass is 15.0. The summed E-state index contributed by atoms with van der Waals surface area (Å²) in [5.74, 6) is 1.85. The number of hydrogen-bond acceptors (Lipinski definition) is 4. The van der Waals surface area contributed by atoms with Crippen LogP contribution in [-0.2, 0) is 0 Å². The predicted octanol–water partition coefficient (Wildman–Crippen LogP) is 2.34. The molecule has 0 bridgehead atoms. The second-order valence-electron chi connectivity index (χ2n) is 4.48. The molecule has 0 unspecified atom stereocenters. The van der Waals surface area contributed by atoms with E-state index >= 15 is 0 Å². The van der Waals surface area contributed by atoms with E-state index < -0.39 is 0 Å². The minimum atomic E-state index is 0.231. The molecule has 16 heavy (non-hydrogen) atoms. The molecule has 1 saturated carbocycles. The first-order valence-electron chi connectivity index (χ1n) is 5.77. The van der Waals surface area contributed by atoms with Crippen molar-refractivity contribution >= 4 is 5.82 Å². The number of nitrogens with zero attached hydrogens (tertiary/aromatic N) is 3. The molecule has 0 spiro atoms. The van der Waals surface area contributed by atoms with Crippen LogP contribution in [0.15, 0.2) is 12.3 Å². The first-order valence-corrected chi connectivity index (χ1v) is 5.77. The van der Waals surface area contributed by atoms with Gasteiger partial charge in [0.2, 0.25) is 5.82 Å². The molecule has 1 heterocycles. The summed E-state index contributed by atoms with van der Waals surface area (Å²) in [5, 5.41) is 12.1. The summed E-state index contributed by atoms with van der Waals surface area (Å²) in [6, 6.07) is 4.27. The van der Waals surface area contributed by atoms with Gasteiger partial charge in [0, 0.05) is 12.2 Å². The summed E-state index contributed by atoms with van der Waals surface area (Å²) in [5.41, 5.74) is 0. The standard InChI is InChI=1S/C12H16N4/c1-9-2-4-10(5-3-9)15-11-6-7-14-12(8-13)16-11/h6-7,9-10H,2-5H2,1H3,(H,14,15,16). The highest BCUT2D eigenvalue weighted by molar-refractivity contribution is 5.36. The number of hydrogen-bond donors (Lipinski definition) is 1. The number of rotatable bonds is 2. The zero-order valence-corrected chi connectivity index (χ0v) is 9.48. The molecule has 1 N–H and O–H groups in total. The quantitative estimate of drug-likeness (QED) is 0.824. The SMILES string of the molecule is CC1CCC(Nc2ccnc(C#N)n2)CC1. The summed E-state index contributed by atoms with van der Waals surface area (Å²) < 4.78 is 0. The Labute approximate surface area is 95.7 Å². The Morgan fingerprint density at radius 2 is 2.12 bits per heavy atom. The van der Waals surface area contributed by atoms with E-state index in [4.69, 9.17) is 5.26 Å². The van der Waals surface area contributed by atoms with Crippen molar-refractivity contribution in [3.8, 4) is 6.07 Å². The van der Waals surface area contributed by atoms with Gasteiger partial charge in [0.15, 0.2) is 0 Å². The second-order valence-corrected chi connectivity index (χ2v) is 4.48. The van der Waals surface area contributed by atoms with Crippen LogP contribution in [0.5, 0.6) is 0 Å². The fourth-order valence-electron chi connectivity index (χ4n) is 2.11. The Bertz CT molecular complexity index is 388. The van der Waals surface area contributed by atoms with Crippen LogP contribution in [0, 0.1) is 17.2 Å². The summed E-state index contributed by atoms with van der Waals surface area (Å²) in [4.78, 5) is 7.97. The lowest BCUT2D eigenvalue weighted by atomic mass is 9.87. The fourth-order valence-corrected chi connectivity index (χ4v) is 2.11. The van der Waals surface area contributed by atoms with Crippen LogP contribution in [-0.4, -0.2) is 16.0 Å². The van der Waals surface area contributed by atoms with E-state index in [0.29, 0.717) is 6.04 Å². The molecule has 84 valence electrons. The highest BCUT2D eigenvalue weighted by Crippen LogP contribution is 2.25. The molecule has 0 aromatic carbocycles. The Morgan fingerprint density at radius 3 is 2.81 bits per heavy atom. The van der Waals surface area contributed by atoms with Crippen molar-refractivity contribution in [2.45, 2.75) is 38.6 Å². The Balaban J connectivity index is 1.96. The number of anilines is 1. The highest BCUT2D eigenvalue weighted by Gasteiger charge is 2.18. The van der Waals surface area contributed by atoms with Gasteiger partial charge in [-0.3, -0.25) is 0 Å². The summed E-state index contributed by atoms with van der Waals surface area (Å²) in [6.07, 6.45) is 6.54. The fraction of sp³-hybridized carbons (Fsp3) is 0.583. The molecule has 0 amide bonds. The van der Waals surface area contributed by atoms with Crippen LogP contribution in [0.3, 0.4) is 0 Å². The van der Waals surface area contributed by atoms with Crippen LogP contribution >= 0.6 is 0 Å². The van der Waals surface area contributed by atoms with Crippen LogP contribution < -0.4 is 5.32 Å². The van der Waals surface area contributed by atoms with Crippen molar-refractivity contribution in [3.63, 3.8) is 0 Å². The maximum Gasteiger partial charge on any atom is 0.234 e. The summed E-state index contributed by atoms with van der Waals surface area (Å²) in [6.45, 7) is 2.30. The van der Waals surface area contributed by atoms with E-state index in [0.717, 1.165) is 11.7 Å².